The molecule has 0 aliphatic heterocycles. The summed E-state index contributed by atoms with van der Waals surface area (Å²) in [6.45, 7) is 1.90. The van der Waals surface area contributed by atoms with Crippen molar-refractivity contribution in [1.82, 2.24) is 0 Å². The zero-order valence-corrected chi connectivity index (χ0v) is 9.33. The van der Waals surface area contributed by atoms with Crippen molar-refractivity contribution < 1.29 is 5.11 Å². The van der Waals surface area contributed by atoms with E-state index in [1.807, 2.05) is 19.1 Å². The van der Waals surface area contributed by atoms with Crippen LogP contribution in [-0.2, 0) is 0 Å². The molecule has 14 heavy (non-hydrogen) atoms. The standard InChI is InChI=1S/C6H6O.C5H6Cl2/c7-6-4-2-1-3-5-6;1-2-3-4-5(6)7/h1-5,7H;2-4H,1H3. The summed E-state index contributed by atoms with van der Waals surface area (Å²) in [7, 11) is 0. The summed E-state index contributed by atoms with van der Waals surface area (Å²) in [5, 5.41) is 8.63. The van der Waals surface area contributed by atoms with Crippen molar-refractivity contribution in [3.8, 4) is 5.75 Å². The normalized spacial score (nSPS) is 9.07. The van der Waals surface area contributed by atoms with Crippen LogP contribution >= 0.6 is 23.2 Å². The molecule has 1 aromatic rings. The lowest BCUT2D eigenvalue weighted by atomic mass is 10.3. The molecule has 0 atom stereocenters. The van der Waals surface area contributed by atoms with Crippen molar-refractivity contribution in [2.24, 2.45) is 0 Å². The van der Waals surface area contributed by atoms with E-state index in [0.717, 1.165) is 0 Å². The van der Waals surface area contributed by atoms with E-state index in [1.54, 1.807) is 36.4 Å². The minimum absolute atomic E-state index is 0.290. The fourth-order valence-corrected chi connectivity index (χ4v) is 0.742. The number of phenols is 1. The van der Waals surface area contributed by atoms with Crippen LogP contribution in [0.3, 0.4) is 0 Å². The lowest BCUT2D eigenvalue weighted by Crippen LogP contribution is -1.56. The van der Waals surface area contributed by atoms with Gasteiger partial charge in [0.05, 0.1) is 0 Å². The van der Waals surface area contributed by atoms with E-state index in [0.29, 0.717) is 5.75 Å². The van der Waals surface area contributed by atoms with Crippen LogP contribution in [0.2, 0.25) is 0 Å². The van der Waals surface area contributed by atoms with E-state index >= 15 is 0 Å². The van der Waals surface area contributed by atoms with Crippen molar-refractivity contribution in [3.05, 3.63) is 53.1 Å². The van der Waals surface area contributed by atoms with Gasteiger partial charge in [0.1, 0.15) is 10.2 Å². The molecule has 0 aromatic heterocycles. The summed E-state index contributed by atoms with van der Waals surface area (Å²) in [4.78, 5) is 0. The second-order valence-electron chi connectivity index (χ2n) is 2.32. The van der Waals surface area contributed by atoms with E-state index in [9.17, 15) is 0 Å². The van der Waals surface area contributed by atoms with E-state index in [4.69, 9.17) is 28.3 Å². The Morgan fingerprint density at radius 3 is 2.00 bits per heavy atom. The zero-order valence-electron chi connectivity index (χ0n) is 7.82. The van der Waals surface area contributed by atoms with E-state index in [2.05, 4.69) is 0 Å². The molecule has 3 heteroatoms. The smallest absolute Gasteiger partial charge is 0.115 e. The predicted molar refractivity (Wildman–Crippen MR) is 62.7 cm³/mol. The lowest BCUT2D eigenvalue weighted by Gasteiger charge is -1.82. The molecule has 0 aliphatic rings. The third-order valence-corrected chi connectivity index (χ3v) is 1.42. The van der Waals surface area contributed by atoms with E-state index < -0.39 is 0 Å². The Labute approximate surface area is 94.3 Å². The van der Waals surface area contributed by atoms with Crippen LogP contribution in [-0.4, -0.2) is 5.11 Å². The predicted octanol–water partition coefficient (Wildman–Crippen LogP) is 4.27. The highest BCUT2D eigenvalue weighted by molar-refractivity contribution is 6.55. The molecule has 1 nitrogen and oxygen atoms in total. The first-order valence-electron chi connectivity index (χ1n) is 4.04. The maximum Gasteiger partial charge on any atom is 0.115 e. The van der Waals surface area contributed by atoms with Crippen LogP contribution in [0.15, 0.2) is 53.1 Å². The number of rotatable bonds is 1. The Morgan fingerprint density at radius 2 is 1.79 bits per heavy atom. The van der Waals surface area contributed by atoms with Crippen molar-refractivity contribution >= 4 is 23.2 Å². The summed E-state index contributed by atoms with van der Waals surface area (Å²) >= 11 is 10.5. The molecule has 0 heterocycles. The second-order valence-corrected chi connectivity index (χ2v) is 3.33. The van der Waals surface area contributed by atoms with Crippen LogP contribution in [0.25, 0.3) is 0 Å². The summed E-state index contributed by atoms with van der Waals surface area (Å²) in [5.41, 5.74) is 0. The van der Waals surface area contributed by atoms with Gasteiger partial charge >= 0.3 is 0 Å². The van der Waals surface area contributed by atoms with Crippen LogP contribution < -0.4 is 0 Å². The molecule has 0 amide bonds. The molecule has 0 saturated carbocycles. The van der Waals surface area contributed by atoms with Crippen molar-refractivity contribution in [2.45, 2.75) is 6.92 Å². The van der Waals surface area contributed by atoms with Crippen LogP contribution in [0.5, 0.6) is 5.75 Å². The van der Waals surface area contributed by atoms with Gasteiger partial charge in [-0.3, -0.25) is 0 Å². The summed E-state index contributed by atoms with van der Waals surface area (Å²) in [5.74, 6) is 0.322. The number of para-hydroxylation sites is 1. The Kier molecular flexibility index (Phi) is 8.10. The number of allylic oxidation sites excluding steroid dienone is 3. The maximum atomic E-state index is 8.63. The minimum atomic E-state index is 0.290. The van der Waals surface area contributed by atoms with Crippen molar-refractivity contribution in [3.63, 3.8) is 0 Å². The molecular weight excluding hydrogens is 219 g/mol. The Morgan fingerprint density at radius 1 is 1.21 bits per heavy atom. The van der Waals surface area contributed by atoms with Gasteiger partial charge in [0.25, 0.3) is 0 Å². The summed E-state index contributed by atoms with van der Waals surface area (Å²) in [6, 6.07) is 8.71. The molecule has 0 saturated heterocycles. The number of benzene rings is 1. The average Bonchev–Trinajstić information content (AvgIpc) is 2.17. The molecule has 76 valence electrons. The van der Waals surface area contributed by atoms with Gasteiger partial charge in [-0.25, -0.2) is 0 Å². The number of hydrogen-bond donors (Lipinski definition) is 1. The van der Waals surface area contributed by atoms with Crippen LogP contribution in [0.1, 0.15) is 6.92 Å². The fraction of sp³-hybridized carbons (Fsp3) is 0.0909. The molecular formula is C11H12Cl2O. The van der Waals surface area contributed by atoms with Crippen molar-refractivity contribution in [1.29, 1.82) is 0 Å². The molecule has 0 radical (unpaired) electrons. The van der Waals surface area contributed by atoms with Crippen LogP contribution in [0.4, 0.5) is 0 Å². The summed E-state index contributed by atoms with van der Waals surface area (Å²) < 4.78 is 0.290. The maximum absolute atomic E-state index is 8.63. The summed E-state index contributed by atoms with van der Waals surface area (Å²) in [6.07, 6.45) is 5.24. The van der Waals surface area contributed by atoms with Gasteiger partial charge in [-0.2, -0.15) is 0 Å². The number of hydrogen-bond acceptors (Lipinski definition) is 1. The highest BCUT2D eigenvalue weighted by atomic mass is 35.5. The first-order chi connectivity index (χ1) is 6.66. The number of phenolic OH excluding ortho intramolecular Hbond substituents is 1. The van der Waals surface area contributed by atoms with Gasteiger partial charge in [-0.15, -0.1) is 0 Å². The molecule has 0 unspecified atom stereocenters. The monoisotopic (exact) mass is 230 g/mol. The van der Waals surface area contributed by atoms with Gasteiger partial charge in [0, 0.05) is 0 Å². The second kappa shape index (κ2) is 8.67. The third-order valence-electron chi connectivity index (χ3n) is 1.17. The largest absolute Gasteiger partial charge is 0.508 e. The average molecular weight is 231 g/mol. The Hall–Kier alpha value is -0.920. The Balaban J connectivity index is 0.000000241. The molecule has 1 rings (SSSR count). The van der Waals surface area contributed by atoms with E-state index in [-0.39, 0.29) is 4.49 Å². The van der Waals surface area contributed by atoms with Gasteiger partial charge in [0.2, 0.25) is 0 Å². The molecule has 0 fully saturated rings. The Bertz CT molecular complexity index is 287. The molecule has 1 aromatic carbocycles. The fourth-order valence-electron chi connectivity index (χ4n) is 0.597. The molecule has 0 bridgehead atoms. The van der Waals surface area contributed by atoms with Crippen LogP contribution in [0, 0.1) is 0 Å². The van der Waals surface area contributed by atoms with Gasteiger partial charge in [-0.05, 0) is 25.1 Å². The van der Waals surface area contributed by atoms with Crippen molar-refractivity contribution in [2.75, 3.05) is 0 Å². The van der Waals surface area contributed by atoms with Gasteiger partial charge in [0.15, 0.2) is 0 Å². The SMILES string of the molecule is CC=CC=C(Cl)Cl.Oc1ccccc1. The zero-order chi connectivity index (χ0) is 10.8. The third kappa shape index (κ3) is 9.17. The first kappa shape index (κ1) is 13.1. The molecule has 1 N–H and O–H groups in total. The quantitative estimate of drug-likeness (QED) is 0.715. The number of aromatic hydroxyl groups is 1. The lowest BCUT2D eigenvalue weighted by molar-refractivity contribution is 0.475. The topological polar surface area (TPSA) is 20.2 Å². The highest BCUT2D eigenvalue weighted by Gasteiger charge is 1.74. The van der Waals surface area contributed by atoms with E-state index in [1.165, 1.54) is 0 Å². The minimum Gasteiger partial charge on any atom is -0.508 e. The van der Waals surface area contributed by atoms with Gasteiger partial charge < -0.3 is 5.11 Å². The number of halogens is 2. The first-order valence-corrected chi connectivity index (χ1v) is 4.80. The molecule has 0 spiro atoms. The molecule has 0 aliphatic carbocycles. The van der Waals surface area contributed by atoms with Gasteiger partial charge in [-0.1, -0.05) is 53.6 Å². The highest BCUT2D eigenvalue weighted by Crippen LogP contribution is 2.05.